The SMILES string of the molecule is Cc1ccccc1-c1nc(-c2ccccc2)c(C)cc1C. The molecule has 0 saturated heterocycles. The summed E-state index contributed by atoms with van der Waals surface area (Å²) in [7, 11) is 0. The Morgan fingerprint density at radius 1 is 0.619 bits per heavy atom. The number of aromatic nitrogens is 1. The first-order valence-corrected chi connectivity index (χ1v) is 7.26. The lowest BCUT2D eigenvalue weighted by Gasteiger charge is -2.13. The first-order chi connectivity index (χ1) is 10.2. The zero-order valence-electron chi connectivity index (χ0n) is 12.7. The zero-order chi connectivity index (χ0) is 14.8. The van der Waals surface area contributed by atoms with Crippen molar-refractivity contribution in [1.82, 2.24) is 4.98 Å². The molecule has 2 aromatic carbocycles. The van der Waals surface area contributed by atoms with E-state index in [1.807, 2.05) is 6.07 Å². The fraction of sp³-hybridized carbons (Fsp3) is 0.150. The highest BCUT2D eigenvalue weighted by Gasteiger charge is 2.11. The first kappa shape index (κ1) is 13.6. The smallest absolute Gasteiger partial charge is 0.0741 e. The van der Waals surface area contributed by atoms with Crippen molar-refractivity contribution in [2.24, 2.45) is 0 Å². The molecule has 1 aromatic heterocycles. The van der Waals surface area contributed by atoms with Crippen molar-refractivity contribution in [3.05, 3.63) is 77.4 Å². The Labute approximate surface area is 126 Å². The molecule has 0 saturated carbocycles. The Bertz CT molecular complexity index is 773. The van der Waals surface area contributed by atoms with Gasteiger partial charge in [-0.15, -0.1) is 0 Å². The molecule has 3 aromatic rings. The average molecular weight is 273 g/mol. The maximum atomic E-state index is 4.97. The highest BCUT2D eigenvalue weighted by atomic mass is 14.7. The van der Waals surface area contributed by atoms with Gasteiger partial charge in [0.2, 0.25) is 0 Å². The number of hydrogen-bond donors (Lipinski definition) is 0. The molecule has 1 heterocycles. The minimum atomic E-state index is 1.07. The average Bonchev–Trinajstić information content (AvgIpc) is 2.49. The molecule has 0 aliphatic heterocycles. The van der Waals surface area contributed by atoms with E-state index < -0.39 is 0 Å². The predicted octanol–water partition coefficient (Wildman–Crippen LogP) is 5.34. The van der Waals surface area contributed by atoms with E-state index in [1.54, 1.807) is 0 Å². The monoisotopic (exact) mass is 273 g/mol. The minimum Gasteiger partial charge on any atom is -0.247 e. The Balaban J connectivity index is 2.22. The van der Waals surface area contributed by atoms with E-state index in [4.69, 9.17) is 4.98 Å². The summed E-state index contributed by atoms with van der Waals surface area (Å²) in [6.45, 7) is 6.40. The number of aryl methyl sites for hydroxylation is 3. The van der Waals surface area contributed by atoms with Crippen molar-refractivity contribution in [3.8, 4) is 22.5 Å². The van der Waals surface area contributed by atoms with Gasteiger partial charge in [0.15, 0.2) is 0 Å². The van der Waals surface area contributed by atoms with Crippen LogP contribution in [0.2, 0.25) is 0 Å². The van der Waals surface area contributed by atoms with Crippen molar-refractivity contribution >= 4 is 0 Å². The van der Waals surface area contributed by atoms with Crippen molar-refractivity contribution < 1.29 is 0 Å². The highest BCUT2D eigenvalue weighted by Crippen LogP contribution is 2.30. The van der Waals surface area contributed by atoms with E-state index in [-0.39, 0.29) is 0 Å². The molecular weight excluding hydrogens is 254 g/mol. The van der Waals surface area contributed by atoms with Crippen LogP contribution in [-0.2, 0) is 0 Å². The molecule has 0 bridgehead atoms. The summed E-state index contributed by atoms with van der Waals surface area (Å²) in [6.07, 6.45) is 0. The second-order valence-electron chi connectivity index (χ2n) is 5.50. The standard InChI is InChI=1S/C20H19N/c1-14-9-7-8-12-18(14)20-16(3)13-15(2)19(21-20)17-10-5-4-6-11-17/h4-13H,1-3H3. The normalized spacial score (nSPS) is 10.6. The molecule has 1 nitrogen and oxygen atoms in total. The van der Waals surface area contributed by atoms with Gasteiger partial charge in [0, 0.05) is 11.1 Å². The van der Waals surface area contributed by atoms with E-state index in [0.717, 1.165) is 11.4 Å². The summed E-state index contributed by atoms with van der Waals surface area (Å²) >= 11 is 0. The van der Waals surface area contributed by atoms with Gasteiger partial charge in [-0.2, -0.15) is 0 Å². The quantitative estimate of drug-likeness (QED) is 0.614. The van der Waals surface area contributed by atoms with Gasteiger partial charge >= 0.3 is 0 Å². The summed E-state index contributed by atoms with van der Waals surface area (Å²) in [4.78, 5) is 4.97. The van der Waals surface area contributed by atoms with Gasteiger partial charge in [0.05, 0.1) is 11.4 Å². The number of benzene rings is 2. The van der Waals surface area contributed by atoms with E-state index in [0.29, 0.717) is 0 Å². The van der Waals surface area contributed by atoms with Crippen molar-refractivity contribution in [2.45, 2.75) is 20.8 Å². The van der Waals surface area contributed by atoms with Gasteiger partial charge in [-0.3, -0.25) is 0 Å². The molecule has 0 spiro atoms. The van der Waals surface area contributed by atoms with Gasteiger partial charge in [0.25, 0.3) is 0 Å². The number of hydrogen-bond acceptors (Lipinski definition) is 1. The molecule has 0 aliphatic carbocycles. The van der Waals surface area contributed by atoms with Crippen LogP contribution in [-0.4, -0.2) is 4.98 Å². The van der Waals surface area contributed by atoms with Gasteiger partial charge in [-0.05, 0) is 37.5 Å². The molecule has 0 amide bonds. The number of rotatable bonds is 2. The van der Waals surface area contributed by atoms with Gasteiger partial charge < -0.3 is 0 Å². The largest absolute Gasteiger partial charge is 0.247 e. The summed E-state index contributed by atoms with van der Waals surface area (Å²) in [5, 5.41) is 0. The fourth-order valence-corrected chi connectivity index (χ4v) is 2.75. The van der Waals surface area contributed by atoms with E-state index in [9.17, 15) is 0 Å². The molecule has 0 atom stereocenters. The number of nitrogens with zero attached hydrogens (tertiary/aromatic N) is 1. The molecule has 0 aliphatic rings. The maximum Gasteiger partial charge on any atom is 0.0741 e. The van der Waals surface area contributed by atoms with E-state index >= 15 is 0 Å². The Kier molecular flexibility index (Phi) is 3.57. The summed E-state index contributed by atoms with van der Waals surface area (Å²) in [6, 6.07) is 21.1. The van der Waals surface area contributed by atoms with Gasteiger partial charge in [-0.25, -0.2) is 4.98 Å². The van der Waals surface area contributed by atoms with Crippen LogP contribution in [0.1, 0.15) is 16.7 Å². The third-order valence-electron chi connectivity index (χ3n) is 3.85. The summed E-state index contributed by atoms with van der Waals surface area (Å²) in [5.41, 5.74) is 8.24. The Morgan fingerprint density at radius 3 is 1.95 bits per heavy atom. The maximum absolute atomic E-state index is 4.97. The molecular formula is C20H19N. The molecule has 3 rings (SSSR count). The van der Waals surface area contributed by atoms with Crippen LogP contribution in [0.25, 0.3) is 22.5 Å². The lowest BCUT2D eigenvalue weighted by molar-refractivity contribution is 1.22. The topological polar surface area (TPSA) is 12.9 Å². The van der Waals surface area contributed by atoms with E-state index in [1.165, 1.54) is 27.8 Å². The third kappa shape index (κ3) is 2.59. The molecule has 1 heteroatoms. The molecule has 0 N–H and O–H groups in total. The van der Waals surface area contributed by atoms with Gasteiger partial charge in [0.1, 0.15) is 0 Å². The molecule has 0 fully saturated rings. The molecule has 0 radical (unpaired) electrons. The van der Waals surface area contributed by atoms with Crippen LogP contribution >= 0.6 is 0 Å². The van der Waals surface area contributed by atoms with Crippen LogP contribution in [0, 0.1) is 20.8 Å². The Morgan fingerprint density at radius 2 is 1.24 bits per heavy atom. The molecule has 21 heavy (non-hydrogen) atoms. The number of pyridine rings is 1. The summed E-state index contributed by atoms with van der Waals surface area (Å²) in [5.74, 6) is 0. The first-order valence-electron chi connectivity index (χ1n) is 7.26. The van der Waals surface area contributed by atoms with Crippen LogP contribution in [0.4, 0.5) is 0 Å². The third-order valence-corrected chi connectivity index (χ3v) is 3.85. The molecule has 0 unspecified atom stereocenters. The minimum absolute atomic E-state index is 1.07. The Hall–Kier alpha value is -2.41. The van der Waals surface area contributed by atoms with Crippen LogP contribution < -0.4 is 0 Å². The second-order valence-corrected chi connectivity index (χ2v) is 5.50. The summed E-state index contributed by atoms with van der Waals surface area (Å²) < 4.78 is 0. The fourth-order valence-electron chi connectivity index (χ4n) is 2.75. The molecule has 104 valence electrons. The predicted molar refractivity (Wildman–Crippen MR) is 89.3 cm³/mol. The van der Waals surface area contributed by atoms with E-state index in [2.05, 4.69) is 75.4 Å². The van der Waals surface area contributed by atoms with Crippen LogP contribution in [0.15, 0.2) is 60.7 Å². The second kappa shape index (κ2) is 5.53. The zero-order valence-corrected chi connectivity index (χ0v) is 12.7. The van der Waals surface area contributed by atoms with Crippen molar-refractivity contribution in [1.29, 1.82) is 0 Å². The lowest BCUT2D eigenvalue weighted by atomic mass is 9.98. The lowest BCUT2D eigenvalue weighted by Crippen LogP contribution is -1.96. The highest BCUT2D eigenvalue weighted by molar-refractivity contribution is 5.72. The van der Waals surface area contributed by atoms with Gasteiger partial charge in [-0.1, -0.05) is 60.7 Å². The van der Waals surface area contributed by atoms with Crippen molar-refractivity contribution in [2.75, 3.05) is 0 Å². The van der Waals surface area contributed by atoms with Crippen LogP contribution in [0.3, 0.4) is 0 Å². The van der Waals surface area contributed by atoms with Crippen LogP contribution in [0.5, 0.6) is 0 Å². The van der Waals surface area contributed by atoms with Crippen molar-refractivity contribution in [3.63, 3.8) is 0 Å².